The van der Waals surface area contributed by atoms with Crippen LogP contribution in [0.25, 0.3) is 5.70 Å². The standard InChI is InChI=1S/C16H19N5O3/c1-2-3-9-20-11-19-14-6-5-12(21(23)24)10-13(14)15(20)16(22)18-8-4-7-17/h5-6,10H,2-4,8-9,11H2,1H3,(H,18,22). The minimum atomic E-state index is -0.490. The van der Waals surface area contributed by atoms with Crippen molar-refractivity contribution in [3.63, 3.8) is 0 Å². The second-order valence-electron chi connectivity index (χ2n) is 5.39. The first kappa shape index (κ1) is 17.4. The van der Waals surface area contributed by atoms with E-state index in [-0.39, 0.29) is 24.6 Å². The number of nitro benzene ring substituents is 1. The summed E-state index contributed by atoms with van der Waals surface area (Å²) in [6.45, 7) is 3.27. The lowest BCUT2D eigenvalue weighted by Crippen LogP contribution is -2.46. The maximum atomic E-state index is 12.6. The van der Waals surface area contributed by atoms with Gasteiger partial charge in [-0.3, -0.25) is 19.9 Å². The van der Waals surface area contributed by atoms with Gasteiger partial charge in [0.1, 0.15) is 12.4 Å². The Kier molecular flexibility index (Phi) is 5.84. The Morgan fingerprint density at radius 1 is 1.54 bits per heavy atom. The number of unbranched alkanes of at least 4 members (excludes halogenated alkanes) is 1. The molecule has 2 rings (SSSR count). The van der Waals surface area contributed by atoms with Gasteiger partial charge in [-0.15, -0.1) is 0 Å². The summed E-state index contributed by atoms with van der Waals surface area (Å²) in [5, 5.41) is 23.4. The summed E-state index contributed by atoms with van der Waals surface area (Å²) in [5.41, 5.74) is 0.304. The molecule has 0 saturated heterocycles. The predicted octanol–water partition coefficient (Wildman–Crippen LogP) is 0.426. The first-order valence-electron chi connectivity index (χ1n) is 7.81. The van der Waals surface area contributed by atoms with Crippen LogP contribution in [-0.2, 0) is 4.79 Å². The van der Waals surface area contributed by atoms with Gasteiger partial charge in [-0.05, 0) is 12.5 Å². The second kappa shape index (κ2) is 8.06. The Balaban J connectivity index is 2.51. The van der Waals surface area contributed by atoms with Gasteiger partial charge >= 0.3 is 0 Å². The van der Waals surface area contributed by atoms with Crippen LogP contribution < -0.4 is 15.9 Å². The lowest BCUT2D eigenvalue weighted by atomic mass is 10.1. The van der Waals surface area contributed by atoms with E-state index in [4.69, 9.17) is 5.26 Å². The summed E-state index contributed by atoms with van der Waals surface area (Å²) in [7, 11) is 0. The third kappa shape index (κ3) is 3.87. The number of benzene rings is 1. The number of non-ortho nitro benzene ring substituents is 1. The normalized spacial score (nSPS) is 12.8. The summed E-state index contributed by atoms with van der Waals surface area (Å²) in [5.74, 6) is -0.335. The first-order valence-corrected chi connectivity index (χ1v) is 7.81. The molecule has 1 amide bonds. The SMILES string of the molecule is CCCCN1CN=c2ccc([N+](=O)[O-])cc2=C1C(=O)NCCC#N. The molecule has 1 aromatic carbocycles. The van der Waals surface area contributed by atoms with E-state index >= 15 is 0 Å². The van der Waals surface area contributed by atoms with Crippen molar-refractivity contribution in [3.8, 4) is 6.07 Å². The number of nitrogens with one attached hydrogen (secondary N) is 1. The molecule has 0 fully saturated rings. The highest BCUT2D eigenvalue weighted by Gasteiger charge is 2.22. The topological polar surface area (TPSA) is 112 Å². The van der Waals surface area contributed by atoms with E-state index in [2.05, 4.69) is 10.3 Å². The fraction of sp³-hybridized carbons (Fsp3) is 0.438. The number of fused-ring (bicyclic) bond motifs is 1. The minimum Gasteiger partial charge on any atom is -0.350 e. The lowest BCUT2D eigenvalue weighted by Gasteiger charge is -2.27. The number of carbonyl (C=O) groups excluding carboxylic acids is 1. The highest BCUT2D eigenvalue weighted by atomic mass is 16.6. The molecule has 0 bridgehead atoms. The Morgan fingerprint density at radius 2 is 2.33 bits per heavy atom. The van der Waals surface area contributed by atoms with Crippen LogP contribution in [-0.4, -0.2) is 35.5 Å². The van der Waals surface area contributed by atoms with Gasteiger partial charge in [-0.2, -0.15) is 5.26 Å². The van der Waals surface area contributed by atoms with Crippen LogP contribution in [0.4, 0.5) is 5.69 Å². The molecular weight excluding hydrogens is 310 g/mol. The molecule has 0 radical (unpaired) electrons. The molecule has 1 aromatic rings. The molecule has 8 nitrogen and oxygen atoms in total. The van der Waals surface area contributed by atoms with E-state index in [9.17, 15) is 14.9 Å². The van der Waals surface area contributed by atoms with Gasteiger partial charge in [0.25, 0.3) is 11.6 Å². The zero-order chi connectivity index (χ0) is 17.5. The molecule has 126 valence electrons. The quantitative estimate of drug-likeness (QED) is 0.443. The summed E-state index contributed by atoms with van der Waals surface area (Å²) in [6, 6.07) is 6.30. The van der Waals surface area contributed by atoms with Crippen molar-refractivity contribution in [2.24, 2.45) is 4.99 Å². The molecule has 8 heteroatoms. The van der Waals surface area contributed by atoms with E-state index in [1.165, 1.54) is 12.1 Å². The van der Waals surface area contributed by atoms with Crippen LogP contribution in [0.15, 0.2) is 23.2 Å². The summed E-state index contributed by atoms with van der Waals surface area (Å²) >= 11 is 0. The van der Waals surface area contributed by atoms with Gasteiger partial charge < -0.3 is 10.2 Å². The molecule has 0 saturated carbocycles. The van der Waals surface area contributed by atoms with E-state index in [0.717, 1.165) is 12.8 Å². The van der Waals surface area contributed by atoms with Crippen molar-refractivity contribution < 1.29 is 9.72 Å². The number of nitriles is 1. The van der Waals surface area contributed by atoms with E-state index in [0.29, 0.717) is 29.5 Å². The molecule has 0 aliphatic carbocycles. The fourth-order valence-corrected chi connectivity index (χ4v) is 2.48. The molecule has 1 aliphatic rings. The molecule has 1 N–H and O–H groups in total. The zero-order valence-corrected chi connectivity index (χ0v) is 13.5. The monoisotopic (exact) mass is 329 g/mol. The fourth-order valence-electron chi connectivity index (χ4n) is 2.48. The molecule has 24 heavy (non-hydrogen) atoms. The number of hydrogen-bond acceptors (Lipinski definition) is 6. The van der Waals surface area contributed by atoms with Crippen molar-refractivity contribution in [3.05, 3.63) is 38.9 Å². The first-order chi connectivity index (χ1) is 11.6. The second-order valence-corrected chi connectivity index (χ2v) is 5.39. The summed E-state index contributed by atoms with van der Waals surface area (Å²) in [4.78, 5) is 29.4. The van der Waals surface area contributed by atoms with Gasteiger partial charge in [0, 0.05) is 30.4 Å². The number of amides is 1. The van der Waals surface area contributed by atoms with Crippen LogP contribution in [0.2, 0.25) is 0 Å². The maximum absolute atomic E-state index is 12.6. The van der Waals surface area contributed by atoms with Crippen LogP contribution in [0, 0.1) is 21.4 Å². The van der Waals surface area contributed by atoms with Gasteiger partial charge in [0.05, 0.1) is 22.8 Å². The average Bonchev–Trinajstić information content (AvgIpc) is 2.58. The average molecular weight is 329 g/mol. The van der Waals surface area contributed by atoms with Gasteiger partial charge in [0.2, 0.25) is 0 Å². The van der Waals surface area contributed by atoms with Gasteiger partial charge in [-0.1, -0.05) is 13.3 Å². The smallest absolute Gasteiger partial charge is 0.270 e. The Morgan fingerprint density at radius 3 is 3.00 bits per heavy atom. The van der Waals surface area contributed by atoms with E-state index < -0.39 is 4.92 Å². The van der Waals surface area contributed by atoms with Crippen molar-refractivity contribution in [1.29, 1.82) is 5.26 Å². The van der Waals surface area contributed by atoms with E-state index in [1.54, 1.807) is 6.07 Å². The summed E-state index contributed by atoms with van der Waals surface area (Å²) in [6.07, 6.45) is 2.05. The molecule has 0 unspecified atom stereocenters. The molecule has 0 spiro atoms. The lowest BCUT2D eigenvalue weighted by molar-refractivity contribution is -0.385. The number of nitrogens with zero attached hydrogens (tertiary/aromatic N) is 4. The van der Waals surface area contributed by atoms with Crippen molar-refractivity contribution in [2.45, 2.75) is 26.2 Å². The zero-order valence-electron chi connectivity index (χ0n) is 13.5. The Bertz CT molecular complexity index is 797. The number of nitro groups is 1. The molecule has 1 aliphatic heterocycles. The van der Waals surface area contributed by atoms with Crippen molar-refractivity contribution in [1.82, 2.24) is 10.2 Å². The Hall–Kier alpha value is -2.95. The van der Waals surface area contributed by atoms with Crippen LogP contribution in [0.5, 0.6) is 0 Å². The van der Waals surface area contributed by atoms with Gasteiger partial charge in [-0.25, -0.2) is 0 Å². The highest BCUT2D eigenvalue weighted by Crippen LogP contribution is 2.11. The van der Waals surface area contributed by atoms with Crippen molar-refractivity contribution in [2.75, 3.05) is 19.8 Å². The third-order valence-electron chi connectivity index (χ3n) is 3.69. The Labute approximate surface area is 139 Å². The number of carbonyl (C=O) groups is 1. The minimum absolute atomic E-state index is 0.0800. The highest BCUT2D eigenvalue weighted by molar-refractivity contribution is 6.12. The largest absolute Gasteiger partial charge is 0.350 e. The maximum Gasteiger partial charge on any atom is 0.270 e. The third-order valence-corrected chi connectivity index (χ3v) is 3.69. The molecule has 1 heterocycles. The molecule has 0 aromatic heterocycles. The predicted molar refractivity (Wildman–Crippen MR) is 87.0 cm³/mol. The van der Waals surface area contributed by atoms with Crippen molar-refractivity contribution >= 4 is 17.3 Å². The molecular formula is C16H19N5O3. The summed E-state index contributed by atoms with van der Waals surface area (Å²) < 4.78 is 0. The molecule has 0 atom stereocenters. The van der Waals surface area contributed by atoms with Crippen LogP contribution in [0.1, 0.15) is 26.2 Å². The number of rotatable bonds is 7. The van der Waals surface area contributed by atoms with Gasteiger partial charge in [0.15, 0.2) is 0 Å². The number of hydrogen-bond donors (Lipinski definition) is 1. The van der Waals surface area contributed by atoms with Crippen LogP contribution in [0.3, 0.4) is 0 Å². The van der Waals surface area contributed by atoms with Crippen LogP contribution >= 0.6 is 0 Å². The van der Waals surface area contributed by atoms with E-state index in [1.807, 2.05) is 17.9 Å².